The summed E-state index contributed by atoms with van der Waals surface area (Å²) in [6, 6.07) is 7.64. The molecule has 0 unspecified atom stereocenters. The molecule has 0 aliphatic rings. The molecule has 0 spiro atoms. The van der Waals surface area contributed by atoms with Crippen molar-refractivity contribution in [3.63, 3.8) is 0 Å². The highest BCUT2D eigenvalue weighted by Gasteiger charge is 2.07. The van der Waals surface area contributed by atoms with Gasteiger partial charge in [0, 0.05) is 17.8 Å². The first-order valence-corrected chi connectivity index (χ1v) is 7.97. The van der Waals surface area contributed by atoms with E-state index < -0.39 is 0 Å². The lowest BCUT2D eigenvalue weighted by molar-refractivity contribution is 0.321. The number of rotatable bonds is 8. The number of nitrogens with one attached hydrogen (secondary N) is 1. The number of benzene rings is 1. The Bertz CT molecular complexity index is 552. The zero-order chi connectivity index (χ0) is 15.1. The predicted octanol–water partition coefficient (Wildman–Crippen LogP) is 3.19. The molecule has 1 aromatic heterocycles. The van der Waals surface area contributed by atoms with E-state index in [1.54, 1.807) is 18.4 Å². The monoisotopic (exact) mass is 306 g/mol. The highest BCUT2D eigenvalue weighted by molar-refractivity contribution is 7.11. The van der Waals surface area contributed by atoms with Gasteiger partial charge in [0.05, 0.1) is 24.4 Å². The smallest absolute Gasteiger partial charge is 0.119 e. The van der Waals surface area contributed by atoms with E-state index in [-0.39, 0.29) is 0 Å². The van der Waals surface area contributed by atoms with Crippen molar-refractivity contribution >= 4 is 11.3 Å². The van der Waals surface area contributed by atoms with E-state index in [0.717, 1.165) is 41.7 Å². The SMILES string of the molecule is CCNCc1sc(CCOc2ccc(OC)cc2)nc1C. The minimum atomic E-state index is 0.639. The Balaban J connectivity index is 1.82. The van der Waals surface area contributed by atoms with Gasteiger partial charge in [-0.2, -0.15) is 0 Å². The van der Waals surface area contributed by atoms with E-state index in [1.807, 2.05) is 24.3 Å². The fraction of sp³-hybridized carbons (Fsp3) is 0.438. The van der Waals surface area contributed by atoms with Crippen molar-refractivity contribution in [1.82, 2.24) is 10.3 Å². The first-order chi connectivity index (χ1) is 10.2. The lowest BCUT2D eigenvalue weighted by Crippen LogP contribution is -2.11. The van der Waals surface area contributed by atoms with Crippen molar-refractivity contribution in [3.8, 4) is 11.5 Å². The fourth-order valence-electron chi connectivity index (χ4n) is 1.93. The molecule has 0 aliphatic heterocycles. The van der Waals surface area contributed by atoms with Gasteiger partial charge in [0.25, 0.3) is 0 Å². The van der Waals surface area contributed by atoms with Crippen LogP contribution in [0.15, 0.2) is 24.3 Å². The molecular formula is C16H22N2O2S. The molecule has 2 rings (SSSR count). The third-order valence-corrected chi connectivity index (χ3v) is 4.33. The first-order valence-electron chi connectivity index (χ1n) is 7.15. The lowest BCUT2D eigenvalue weighted by Gasteiger charge is -2.05. The van der Waals surface area contributed by atoms with Crippen LogP contribution in [0.1, 0.15) is 22.5 Å². The zero-order valence-electron chi connectivity index (χ0n) is 12.8. The number of aromatic nitrogens is 1. The van der Waals surface area contributed by atoms with Crippen LogP contribution in [-0.2, 0) is 13.0 Å². The van der Waals surface area contributed by atoms with E-state index in [9.17, 15) is 0 Å². The maximum Gasteiger partial charge on any atom is 0.119 e. The summed E-state index contributed by atoms with van der Waals surface area (Å²) in [7, 11) is 1.66. The second kappa shape index (κ2) is 8.00. The quantitative estimate of drug-likeness (QED) is 0.813. The fourth-order valence-corrected chi connectivity index (χ4v) is 2.95. The van der Waals surface area contributed by atoms with Gasteiger partial charge in [-0.3, -0.25) is 0 Å². The normalized spacial score (nSPS) is 10.6. The maximum absolute atomic E-state index is 5.74. The van der Waals surface area contributed by atoms with E-state index in [1.165, 1.54) is 4.88 Å². The number of thiazole rings is 1. The Morgan fingerprint density at radius 3 is 2.57 bits per heavy atom. The summed E-state index contributed by atoms with van der Waals surface area (Å²) in [5.41, 5.74) is 1.13. The van der Waals surface area contributed by atoms with Gasteiger partial charge in [-0.1, -0.05) is 6.92 Å². The van der Waals surface area contributed by atoms with Gasteiger partial charge in [-0.05, 0) is 37.7 Å². The number of aryl methyl sites for hydroxylation is 1. The number of ether oxygens (including phenoxy) is 2. The second-order valence-electron chi connectivity index (χ2n) is 4.67. The number of methoxy groups -OCH3 is 1. The maximum atomic E-state index is 5.74. The average Bonchev–Trinajstić information content (AvgIpc) is 2.86. The van der Waals surface area contributed by atoms with Crippen LogP contribution in [0, 0.1) is 6.92 Å². The molecule has 0 amide bonds. The van der Waals surface area contributed by atoms with Gasteiger partial charge >= 0.3 is 0 Å². The van der Waals surface area contributed by atoms with Crippen LogP contribution in [0.5, 0.6) is 11.5 Å². The molecule has 0 saturated carbocycles. The molecule has 0 radical (unpaired) electrons. The summed E-state index contributed by atoms with van der Waals surface area (Å²) in [5.74, 6) is 1.70. The van der Waals surface area contributed by atoms with Crippen LogP contribution in [0.25, 0.3) is 0 Å². The zero-order valence-corrected chi connectivity index (χ0v) is 13.6. The summed E-state index contributed by atoms with van der Waals surface area (Å²) in [5, 5.41) is 4.47. The average molecular weight is 306 g/mol. The molecule has 21 heavy (non-hydrogen) atoms. The molecule has 0 atom stereocenters. The van der Waals surface area contributed by atoms with Gasteiger partial charge in [0.1, 0.15) is 11.5 Å². The summed E-state index contributed by atoms with van der Waals surface area (Å²) in [6.45, 7) is 6.70. The topological polar surface area (TPSA) is 43.4 Å². The van der Waals surface area contributed by atoms with Crippen molar-refractivity contribution in [1.29, 1.82) is 0 Å². The van der Waals surface area contributed by atoms with Crippen molar-refractivity contribution < 1.29 is 9.47 Å². The number of hydrogen-bond acceptors (Lipinski definition) is 5. The van der Waals surface area contributed by atoms with Gasteiger partial charge in [-0.15, -0.1) is 11.3 Å². The highest BCUT2D eigenvalue weighted by atomic mass is 32.1. The third kappa shape index (κ3) is 4.72. The van der Waals surface area contributed by atoms with Gasteiger partial charge in [0.15, 0.2) is 0 Å². The van der Waals surface area contributed by atoms with Crippen molar-refractivity contribution in [2.75, 3.05) is 20.3 Å². The van der Waals surface area contributed by atoms with E-state index in [0.29, 0.717) is 6.61 Å². The molecular weight excluding hydrogens is 284 g/mol. The lowest BCUT2D eigenvalue weighted by atomic mass is 10.3. The summed E-state index contributed by atoms with van der Waals surface area (Å²) >= 11 is 1.77. The minimum absolute atomic E-state index is 0.639. The van der Waals surface area contributed by atoms with Crippen LogP contribution < -0.4 is 14.8 Å². The molecule has 0 aliphatic carbocycles. The van der Waals surface area contributed by atoms with Crippen molar-refractivity contribution in [2.24, 2.45) is 0 Å². The third-order valence-electron chi connectivity index (χ3n) is 3.12. The van der Waals surface area contributed by atoms with E-state index >= 15 is 0 Å². The molecule has 0 saturated heterocycles. The van der Waals surface area contributed by atoms with Crippen LogP contribution >= 0.6 is 11.3 Å². The van der Waals surface area contributed by atoms with Gasteiger partial charge < -0.3 is 14.8 Å². The Labute approximate surface area is 130 Å². The Morgan fingerprint density at radius 2 is 1.90 bits per heavy atom. The van der Waals surface area contributed by atoms with Crippen LogP contribution in [-0.4, -0.2) is 25.2 Å². The Hall–Kier alpha value is -1.59. The van der Waals surface area contributed by atoms with Crippen LogP contribution in [0.3, 0.4) is 0 Å². The van der Waals surface area contributed by atoms with Crippen LogP contribution in [0.4, 0.5) is 0 Å². The molecule has 0 bridgehead atoms. The molecule has 2 aromatic rings. The van der Waals surface area contributed by atoms with E-state index in [2.05, 4.69) is 24.1 Å². The number of nitrogens with zero attached hydrogens (tertiary/aromatic N) is 1. The minimum Gasteiger partial charge on any atom is -0.497 e. The van der Waals surface area contributed by atoms with Crippen molar-refractivity contribution in [3.05, 3.63) is 39.8 Å². The highest BCUT2D eigenvalue weighted by Crippen LogP contribution is 2.20. The molecule has 4 nitrogen and oxygen atoms in total. The summed E-state index contributed by atoms with van der Waals surface area (Å²) in [6.07, 6.45) is 0.837. The predicted molar refractivity (Wildman–Crippen MR) is 86.4 cm³/mol. The summed E-state index contributed by atoms with van der Waals surface area (Å²) < 4.78 is 10.9. The largest absolute Gasteiger partial charge is 0.497 e. The van der Waals surface area contributed by atoms with Crippen molar-refractivity contribution in [2.45, 2.75) is 26.8 Å². The van der Waals surface area contributed by atoms with Crippen LogP contribution in [0.2, 0.25) is 0 Å². The molecule has 1 aromatic carbocycles. The Kier molecular flexibility index (Phi) is 6.02. The van der Waals surface area contributed by atoms with Gasteiger partial charge in [-0.25, -0.2) is 4.98 Å². The molecule has 5 heteroatoms. The standard InChI is InChI=1S/C16H22N2O2S/c1-4-17-11-15-12(2)18-16(21-15)9-10-20-14-7-5-13(19-3)6-8-14/h5-8,17H,4,9-11H2,1-3H3. The van der Waals surface area contributed by atoms with Gasteiger partial charge in [0.2, 0.25) is 0 Å². The van der Waals surface area contributed by atoms with E-state index in [4.69, 9.17) is 9.47 Å². The molecule has 1 N–H and O–H groups in total. The molecule has 0 fully saturated rings. The summed E-state index contributed by atoms with van der Waals surface area (Å²) in [4.78, 5) is 5.92. The number of hydrogen-bond donors (Lipinski definition) is 1. The first kappa shape index (κ1) is 15.8. The molecule has 1 heterocycles. The molecule has 114 valence electrons. The second-order valence-corrected chi connectivity index (χ2v) is 5.84. The Morgan fingerprint density at radius 1 is 1.19 bits per heavy atom.